The summed E-state index contributed by atoms with van der Waals surface area (Å²) in [7, 11) is 0. The van der Waals surface area contributed by atoms with Crippen LogP contribution in [-0.2, 0) is 4.74 Å². The molecule has 0 heterocycles. The van der Waals surface area contributed by atoms with Gasteiger partial charge in [-0.3, -0.25) is 0 Å². The highest BCUT2D eigenvalue weighted by Gasteiger charge is 2.21. The predicted octanol–water partition coefficient (Wildman–Crippen LogP) is 2.74. The number of phenols is 1. The van der Waals surface area contributed by atoms with Crippen LogP contribution in [0.1, 0.15) is 37.6 Å². The van der Waals surface area contributed by atoms with Gasteiger partial charge < -0.3 is 9.84 Å². The Bertz CT molecular complexity index is 356. The van der Waals surface area contributed by atoms with Crippen molar-refractivity contribution in [2.45, 2.75) is 32.8 Å². The molecule has 0 saturated heterocycles. The summed E-state index contributed by atoms with van der Waals surface area (Å²) in [5.41, 5.74) is -0.0979. The molecule has 0 unspecified atom stereocenters. The molecule has 1 N–H and O–H groups in total. The zero-order chi connectivity index (χ0) is 11.5. The molecule has 15 heavy (non-hydrogen) atoms. The van der Waals surface area contributed by atoms with Gasteiger partial charge in [0.2, 0.25) is 0 Å². The fourth-order valence-electron chi connectivity index (χ4n) is 1.01. The number of hydrogen-bond donors (Lipinski definition) is 1. The maximum atomic E-state index is 11.6. The molecule has 0 fully saturated rings. The molecule has 0 radical (unpaired) electrons. The van der Waals surface area contributed by atoms with E-state index in [9.17, 15) is 9.90 Å². The molecular formula is C12H16O3. The fraction of sp³-hybridized carbons (Fsp3) is 0.417. The second kappa shape index (κ2) is 4.34. The topological polar surface area (TPSA) is 46.5 Å². The number of carbonyl (C=O) groups is 1. The zero-order valence-electron chi connectivity index (χ0n) is 9.28. The maximum Gasteiger partial charge on any atom is 0.338 e. The minimum Gasteiger partial charge on any atom is -0.508 e. The van der Waals surface area contributed by atoms with E-state index in [4.69, 9.17) is 4.74 Å². The highest BCUT2D eigenvalue weighted by atomic mass is 16.6. The van der Waals surface area contributed by atoms with E-state index in [0.717, 1.165) is 6.42 Å². The summed E-state index contributed by atoms with van der Waals surface area (Å²) in [6.07, 6.45) is 0.748. The molecular weight excluding hydrogens is 192 g/mol. The smallest absolute Gasteiger partial charge is 0.338 e. The van der Waals surface area contributed by atoms with Crippen LogP contribution in [0.5, 0.6) is 5.75 Å². The van der Waals surface area contributed by atoms with Crippen molar-refractivity contribution in [2.24, 2.45) is 0 Å². The van der Waals surface area contributed by atoms with Gasteiger partial charge in [0.25, 0.3) is 0 Å². The van der Waals surface area contributed by atoms with E-state index in [2.05, 4.69) is 0 Å². The first-order chi connectivity index (χ1) is 6.94. The van der Waals surface area contributed by atoms with Gasteiger partial charge in [0.1, 0.15) is 11.4 Å². The average molecular weight is 208 g/mol. The standard InChI is InChI=1S/C12H16O3/c1-4-12(2,3)15-11(14)9-6-5-7-10(13)8-9/h5-8,13H,4H2,1-3H3. The molecule has 1 aromatic rings. The Morgan fingerprint density at radius 3 is 2.67 bits per heavy atom. The van der Waals surface area contributed by atoms with Crippen molar-refractivity contribution in [1.82, 2.24) is 0 Å². The SMILES string of the molecule is CCC(C)(C)OC(=O)c1cccc(O)c1. The van der Waals surface area contributed by atoms with Gasteiger partial charge in [-0.15, -0.1) is 0 Å². The minimum absolute atomic E-state index is 0.0683. The molecule has 0 aliphatic rings. The Morgan fingerprint density at radius 2 is 2.13 bits per heavy atom. The largest absolute Gasteiger partial charge is 0.508 e. The van der Waals surface area contributed by atoms with Crippen molar-refractivity contribution in [3.8, 4) is 5.75 Å². The van der Waals surface area contributed by atoms with E-state index in [-0.39, 0.29) is 5.75 Å². The van der Waals surface area contributed by atoms with E-state index in [1.807, 2.05) is 20.8 Å². The lowest BCUT2D eigenvalue weighted by atomic mass is 10.1. The van der Waals surface area contributed by atoms with Gasteiger partial charge in [-0.2, -0.15) is 0 Å². The highest BCUT2D eigenvalue weighted by Crippen LogP contribution is 2.18. The normalized spacial score (nSPS) is 11.1. The summed E-state index contributed by atoms with van der Waals surface area (Å²) in [5.74, 6) is -0.337. The van der Waals surface area contributed by atoms with Crippen molar-refractivity contribution in [2.75, 3.05) is 0 Å². The third kappa shape index (κ3) is 3.27. The van der Waals surface area contributed by atoms with E-state index in [1.54, 1.807) is 12.1 Å². The zero-order valence-corrected chi connectivity index (χ0v) is 9.28. The molecule has 3 nitrogen and oxygen atoms in total. The molecule has 3 heteroatoms. The number of hydrogen-bond acceptors (Lipinski definition) is 3. The molecule has 0 aliphatic heterocycles. The van der Waals surface area contributed by atoms with Crippen molar-refractivity contribution >= 4 is 5.97 Å². The number of ether oxygens (including phenoxy) is 1. The summed E-state index contributed by atoms with van der Waals surface area (Å²) >= 11 is 0. The highest BCUT2D eigenvalue weighted by molar-refractivity contribution is 5.90. The van der Waals surface area contributed by atoms with Gasteiger partial charge >= 0.3 is 5.97 Å². The Kier molecular flexibility index (Phi) is 3.35. The van der Waals surface area contributed by atoms with Gasteiger partial charge in [0.05, 0.1) is 5.56 Å². The average Bonchev–Trinajstić information content (AvgIpc) is 2.17. The molecule has 0 aromatic heterocycles. The third-order valence-electron chi connectivity index (χ3n) is 2.30. The summed E-state index contributed by atoms with van der Waals surface area (Å²) in [5, 5.41) is 9.21. The Balaban J connectivity index is 2.78. The van der Waals surface area contributed by atoms with E-state index in [0.29, 0.717) is 5.56 Å². The van der Waals surface area contributed by atoms with Gasteiger partial charge in [-0.05, 0) is 38.5 Å². The lowest BCUT2D eigenvalue weighted by Crippen LogP contribution is -2.26. The van der Waals surface area contributed by atoms with Crippen molar-refractivity contribution < 1.29 is 14.6 Å². The minimum atomic E-state index is -0.470. The van der Waals surface area contributed by atoms with Crippen LogP contribution in [0, 0.1) is 0 Å². The summed E-state index contributed by atoms with van der Waals surface area (Å²) in [6, 6.07) is 6.15. The van der Waals surface area contributed by atoms with Crippen LogP contribution in [0.4, 0.5) is 0 Å². The molecule has 0 amide bonds. The van der Waals surface area contributed by atoms with Gasteiger partial charge in [0.15, 0.2) is 0 Å². The quantitative estimate of drug-likeness (QED) is 0.777. The molecule has 0 bridgehead atoms. The Morgan fingerprint density at radius 1 is 1.47 bits per heavy atom. The Labute approximate surface area is 89.7 Å². The summed E-state index contributed by atoms with van der Waals surface area (Å²) in [6.45, 7) is 5.66. The second-order valence-electron chi connectivity index (χ2n) is 4.05. The number of aromatic hydroxyl groups is 1. The van der Waals surface area contributed by atoms with Crippen LogP contribution < -0.4 is 0 Å². The number of carbonyl (C=O) groups excluding carboxylic acids is 1. The lowest BCUT2D eigenvalue weighted by Gasteiger charge is -2.23. The first-order valence-corrected chi connectivity index (χ1v) is 4.97. The summed E-state index contributed by atoms with van der Waals surface area (Å²) < 4.78 is 5.28. The van der Waals surface area contributed by atoms with Crippen LogP contribution in [0.15, 0.2) is 24.3 Å². The molecule has 0 saturated carbocycles. The van der Waals surface area contributed by atoms with Crippen molar-refractivity contribution in [3.63, 3.8) is 0 Å². The van der Waals surface area contributed by atoms with Crippen molar-refractivity contribution in [3.05, 3.63) is 29.8 Å². The second-order valence-corrected chi connectivity index (χ2v) is 4.05. The summed E-state index contributed by atoms with van der Waals surface area (Å²) in [4.78, 5) is 11.6. The predicted molar refractivity (Wildman–Crippen MR) is 57.9 cm³/mol. The van der Waals surface area contributed by atoms with Crippen molar-refractivity contribution in [1.29, 1.82) is 0 Å². The van der Waals surface area contributed by atoms with Gasteiger partial charge in [0, 0.05) is 0 Å². The van der Waals surface area contributed by atoms with E-state index < -0.39 is 11.6 Å². The number of rotatable bonds is 3. The van der Waals surface area contributed by atoms with Crippen LogP contribution in [0.3, 0.4) is 0 Å². The van der Waals surface area contributed by atoms with Gasteiger partial charge in [-0.25, -0.2) is 4.79 Å². The monoisotopic (exact) mass is 208 g/mol. The number of benzene rings is 1. The molecule has 1 aromatic carbocycles. The number of phenolic OH excluding ortho intramolecular Hbond substituents is 1. The first kappa shape index (κ1) is 11.6. The van der Waals surface area contributed by atoms with E-state index in [1.165, 1.54) is 12.1 Å². The van der Waals surface area contributed by atoms with Crippen LogP contribution in [0.25, 0.3) is 0 Å². The van der Waals surface area contributed by atoms with Crippen LogP contribution in [0.2, 0.25) is 0 Å². The Hall–Kier alpha value is -1.51. The molecule has 82 valence electrons. The van der Waals surface area contributed by atoms with Crippen LogP contribution in [-0.4, -0.2) is 16.7 Å². The maximum absolute atomic E-state index is 11.6. The van der Waals surface area contributed by atoms with Gasteiger partial charge in [-0.1, -0.05) is 13.0 Å². The molecule has 0 aliphatic carbocycles. The molecule has 0 atom stereocenters. The fourth-order valence-corrected chi connectivity index (χ4v) is 1.01. The third-order valence-corrected chi connectivity index (χ3v) is 2.30. The van der Waals surface area contributed by atoms with Crippen LogP contribution >= 0.6 is 0 Å². The first-order valence-electron chi connectivity index (χ1n) is 4.97. The molecule has 0 spiro atoms. The molecule has 1 rings (SSSR count). The number of esters is 1. The lowest BCUT2D eigenvalue weighted by molar-refractivity contribution is -0.00247. The van der Waals surface area contributed by atoms with E-state index >= 15 is 0 Å².